The van der Waals surface area contributed by atoms with Crippen molar-refractivity contribution in [3.05, 3.63) is 23.8 Å². The summed E-state index contributed by atoms with van der Waals surface area (Å²) in [7, 11) is -6.06. The molecule has 1 saturated heterocycles. The molecule has 0 aromatic heterocycles. The lowest BCUT2D eigenvalue weighted by Gasteiger charge is -2.27. The molecule has 1 fully saturated rings. The van der Waals surface area contributed by atoms with Gasteiger partial charge in [0, 0.05) is 32.7 Å². The molecule has 0 bridgehead atoms. The van der Waals surface area contributed by atoms with Crippen LogP contribution in [0.1, 0.15) is 31.7 Å². The van der Waals surface area contributed by atoms with Crippen molar-refractivity contribution < 1.29 is 16.8 Å². The number of hydrogen-bond donors (Lipinski definition) is 1. The first-order chi connectivity index (χ1) is 11.6. The molecule has 0 radical (unpaired) electrons. The van der Waals surface area contributed by atoms with Gasteiger partial charge in [0.05, 0.1) is 9.79 Å². The van der Waals surface area contributed by atoms with Gasteiger partial charge in [-0.15, -0.1) is 12.4 Å². The van der Waals surface area contributed by atoms with E-state index in [2.05, 4.69) is 0 Å². The third-order valence-corrected chi connectivity index (χ3v) is 8.74. The molecule has 10 heteroatoms. The Kier molecular flexibility index (Phi) is 8.06. The molecule has 1 aliphatic rings. The summed E-state index contributed by atoms with van der Waals surface area (Å²) in [5.74, 6) is 0. The Morgan fingerprint density at radius 2 is 1.73 bits per heavy atom. The average molecular weight is 426 g/mol. The Hall–Kier alpha value is -0.710. The van der Waals surface area contributed by atoms with Gasteiger partial charge in [-0.1, -0.05) is 12.5 Å². The van der Waals surface area contributed by atoms with E-state index in [4.69, 9.17) is 5.73 Å². The first kappa shape index (κ1) is 23.3. The van der Waals surface area contributed by atoms with Crippen LogP contribution in [0.5, 0.6) is 0 Å². The van der Waals surface area contributed by atoms with Crippen LogP contribution in [-0.4, -0.2) is 58.2 Å². The quantitative estimate of drug-likeness (QED) is 0.745. The topological polar surface area (TPSA) is 101 Å². The van der Waals surface area contributed by atoms with Crippen LogP contribution in [-0.2, 0) is 20.0 Å². The van der Waals surface area contributed by atoms with Gasteiger partial charge < -0.3 is 5.73 Å². The molecule has 1 heterocycles. The number of nitrogens with two attached hydrogens (primary N) is 1. The van der Waals surface area contributed by atoms with E-state index in [1.807, 2.05) is 0 Å². The second-order valence-electron chi connectivity index (χ2n) is 6.50. The molecule has 7 nitrogen and oxygen atoms in total. The van der Waals surface area contributed by atoms with Crippen molar-refractivity contribution in [3.8, 4) is 0 Å². The Bertz CT molecular complexity index is 822. The number of sulfonamides is 2. The molecule has 0 aliphatic carbocycles. The van der Waals surface area contributed by atoms with Crippen LogP contribution in [0.25, 0.3) is 0 Å². The van der Waals surface area contributed by atoms with Crippen LogP contribution in [0.2, 0.25) is 0 Å². The van der Waals surface area contributed by atoms with Crippen molar-refractivity contribution >= 4 is 32.5 Å². The second kappa shape index (κ2) is 8.99. The monoisotopic (exact) mass is 425 g/mol. The molecule has 2 N–H and O–H groups in total. The number of hydrogen-bond acceptors (Lipinski definition) is 5. The summed E-state index contributed by atoms with van der Waals surface area (Å²) in [4.78, 5) is 0.0285. The molecule has 150 valence electrons. The van der Waals surface area contributed by atoms with E-state index in [0.717, 1.165) is 19.3 Å². The largest absolute Gasteiger partial charge is 0.329 e. The number of benzene rings is 1. The van der Waals surface area contributed by atoms with E-state index in [1.165, 1.54) is 27.8 Å². The summed E-state index contributed by atoms with van der Waals surface area (Å²) in [5.41, 5.74) is 6.10. The maximum absolute atomic E-state index is 12.9. The van der Waals surface area contributed by atoms with Gasteiger partial charge in [0.2, 0.25) is 20.0 Å². The van der Waals surface area contributed by atoms with Gasteiger partial charge >= 0.3 is 0 Å². The number of piperidine rings is 1. The predicted molar refractivity (Wildman–Crippen MR) is 105 cm³/mol. The summed E-state index contributed by atoms with van der Waals surface area (Å²) >= 11 is 0. The Morgan fingerprint density at radius 3 is 2.27 bits per heavy atom. The van der Waals surface area contributed by atoms with Crippen LogP contribution in [0.15, 0.2) is 28.0 Å². The van der Waals surface area contributed by atoms with Gasteiger partial charge in [0.25, 0.3) is 0 Å². The first-order valence-electron chi connectivity index (χ1n) is 8.41. The van der Waals surface area contributed by atoms with Crippen LogP contribution in [0.3, 0.4) is 0 Å². The normalized spacial score (nSPS) is 17.7. The average Bonchev–Trinajstić information content (AvgIpc) is 2.61. The van der Waals surface area contributed by atoms with E-state index in [9.17, 15) is 16.8 Å². The Balaban J connectivity index is 0.00000338. The van der Waals surface area contributed by atoms with Crippen molar-refractivity contribution in [3.63, 3.8) is 0 Å². The van der Waals surface area contributed by atoms with Gasteiger partial charge in [-0.3, -0.25) is 0 Å². The molecule has 1 aromatic rings. The number of rotatable bonds is 6. The smallest absolute Gasteiger partial charge is 0.243 e. The van der Waals surface area contributed by atoms with E-state index in [-0.39, 0.29) is 34.8 Å². The standard InChI is InChI=1S/C16H27N3O4S2.ClH/c1-13-7-8-15(24(20,21)18(3)14(2)12-17)11-16(13)25(22,23)19-9-5-4-6-10-19;/h7-8,11,14H,4-6,9-10,12,17H2,1-3H3;1H. The molecule has 0 amide bonds. The number of nitrogens with zero attached hydrogens (tertiary/aromatic N) is 2. The lowest BCUT2D eigenvalue weighted by Crippen LogP contribution is -2.40. The molecular formula is C16H28ClN3O4S2. The first-order valence-corrected chi connectivity index (χ1v) is 11.3. The number of halogens is 1. The Morgan fingerprint density at radius 1 is 1.15 bits per heavy atom. The highest BCUT2D eigenvalue weighted by molar-refractivity contribution is 7.90. The summed E-state index contributed by atoms with van der Waals surface area (Å²) in [6, 6.07) is 3.88. The van der Waals surface area contributed by atoms with Crippen LogP contribution in [0, 0.1) is 6.92 Å². The SMILES string of the molecule is Cc1ccc(S(=O)(=O)N(C)C(C)CN)cc1S(=O)(=O)N1CCCCC1.Cl. The summed E-state index contributed by atoms with van der Waals surface area (Å²) in [5, 5.41) is 0. The highest BCUT2D eigenvalue weighted by Crippen LogP contribution is 2.27. The molecule has 26 heavy (non-hydrogen) atoms. The highest BCUT2D eigenvalue weighted by atomic mass is 35.5. The molecule has 2 rings (SSSR count). The lowest BCUT2D eigenvalue weighted by atomic mass is 10.2. The van der Waals surface area contributed by atoms with Gasteiger partial charge in [-0.05, 0) is 44.4 Å². The molecule has 0 saturated carbocycles. The zero-order valence-electron chi connectivity index (χ0n) is 15.4. The lowest BCUT2D eigenvalue weighted by molar-refractivity contribution is 0.346. The molecule has 1 aromatic carbocycles. The highest BCUT2D eigenvalue weighted by Gasteiger charge is 2.30. The zero-order valence-corrected chi connectivity index (χ0v) is 17.8. The van der Waals surface area contributed by atoms with Crippen LogP contribution < -0.4 is 5.73 Å². The van der Waals surface area contributed by atoms with Gasteiger partial charge in [0.15, 0.2) is 0 Å². The fraction of sp³-hybridized carbons (Fsp3) is 0.625. The van der Waals surface area contributed by atoms with Crippen molar-refractivity contribution in [2.45, 2.75) is 48.9 Å². The van der Waals surface area contributed by atoms with E-state index in [0.29, 0.717) is 18.7 Å². The van der Waals surface area contributed by atoms with E-state index >= 15 is 0 Å². The maximum Gasteiger partial charge on any atom is 0.243 e. The summed E-state index contributed by atoms with van der Waals surface area (Å²) in [6.07, 6.45) is 2.67. The van der Waals surface area contributed by atoms with Gasteiger partial charge in [-0.2, -0.15) is 8.61 Å². The fourth-order valence-electron chi connectivity index (χ4n) is 2.81. The van der Waals surface area contributed by atoms with Crippen LogP contribution in [0.4, 0.5) is 0 Å². The summed E-state index contributed by atoms with van der Waals surface area (Å²) in [6.45, 7) is 4.52. The predicted octanol–water partition coefficient (Wildman–Crippen LogP) is 1.56. The minimum atomic E-state index is -3.81. The maximum atomic E-state index is 12.9. The van der Waals surface area contributed by atoms with E-state index < -0.39 is 20.0 Å². The minimum absolute atomic E-state index is 0. The van der Waals surface area contributed by atoms with E-state index in [1.54, 1.807) is 19.9 Å². The van der Waals surface area contributed by atoms with Crippen LogP contribution >= 0.6 is 12.4 Å². The van der Waals surface area contributed by atoms with Crippen molar-refractivity contribution in [2.75, 3.05) is 26.7 Å². The molecule has 1 aliphatic heterocycles. The molecular weight excluding hydrogens is 398 g/mol. The fourth-order valence-corrected chi connectivity index (χ4v) is 6.06. The molecule has 0 spiro atoms. The number of aryl methyl sites for hydroxylation is 1. The van der Waals surface area contributed by atoms with Crippen molar-refractivity contribution in [1.29, 1.82) is 0 Å². The Labute approximate surface area is 163 Å². The molecule has 1 atom stereocenters. The van der Waals surface area contributed by atoms with Gasteiger partial charge in [-0.25, -0.2) is 16.8 Å². The van der Waals surface area contributed by atoms with Gasteiger partial charge in [0.1, 0.15) is 0 Å². The van der Waals surface area contributed by atoms with Crippen molar-refractivity contribution in [1.82, 2.24) is 8.61 Å². The zero-order chi connectivity index (χ0) is 18.8. The summed E-state index contributed by atoms with van der Waals surface area (Å²) < 4.78 is 54.0. The minimum Gasteiger partial charge on any atom is -0.329 e. The second-order valence-corrected chi connectivity index (χ2v) is 10.4. The molecule has 1 unspecified atom stereocenters. The van der Waals surface area contributed by atoms with Crippen molar-refractivity contribution in [2.24, 2.45) is 5.73 Å². The third-order valence-electron chi connectivity index (χ3n) is 4.73. The third kappa shape index (κ3) is 4.58. The number of likely N-dealkylation sites (N-methyl/N-ethyl adjacent to an activating group) is 1.